The van der Waals surface area contributed by atoms with Gasteiger partial charge in [-0.3, -0.25) is 4.79 Å². The van der Waals surface area contributed by atoms with Crippen molar-refractivity contribution in [2.75, 3.05) is 32.2 Å². The molecule has 1 aliphatic carbocycles. The first-order valence-corrected chi connectivity index (χ1v) is 7.22. The molecular weight excluding hydrogens is 272 g/mol. The maximum atomic E-state index is 12.1. The van der Waals surface area contributed by atoms with Crippen LogP contribution in [-0.2, 0) is 4.79 Å². The number of hydrogen-bond acceptors (Lipinski definition) is 6. The first kappa shape index (κ1) is 13.9. The SMILES string of the molecule is COc1cc(OC)nc(N2CCC(C(=O)NC3CC3)C2)n1. The van der Waals surface area contributed by atoms with Crippen LogP contribution in [0.1, 0.15) is 19.3 Å². The summed E-state index contributed by atoms with van der Waals surface area (Å²) in [6, 6.07) is 2.04. The van der Waals surface area contributed by atoms with Gasteiger partial charge in [0, 0.05) is 19.1 Å². The molecule has 0 radical (unpaired) electrons. The number of rotatable bonds is 5. The van der Waals surface area contributed by atoms with E-state index < -0.39 is 0 Å². The van der Waals surface area contributed by atoms with Crippen LogP contribution < -0.4 is 19.7 Å². The Hall–Kier alpha value is -2.05. The van der Waals surface area contributed by atoms with Gasteiger partial charge in [-0.2, -0.15) is 9.97 Å². The summed E-state index contributed by atoms with van der Waals surface area (Å²) in [4.78, 5) is 22.8. The van der Waals surface area contributed by atoms with E-state index in [1.807, 2.05) is 4.90 Å². The second-order valence-corrected chi connectivity index (χ2v) is 5.47. The van der Waals surface area contributed by atoms with Crippen molar-refractivity contribution < 1.29 is 14.3 Å². The highest BCUT2D eigenvalue weighted by atomic mass is 16.5. The molecule has 7 nitrogen and oxygen atoms in total. The summed E-state index contributed by atoms with van der Waals surface area (Å²) in [7, 11) is 3.11. The second-order valence-electron chi connectivity index (χ2n) is 5.47. The Morgan fingerprint density at radius 2 is 1.90 bits per heavy atom. The van der Waals surface area contributed by atoms with Crippen molar-refractivity contribution in [3.63, 3.8) is 0 Å². The Bertz CT molecular complexity index is 511. The minimum Gasteiger partial charge on any atom is -0.481 e. The van der Waals surface area contributed by atoms with Crippen LogP contribution >= 0.6 is 0 Å². The van der Waals surface area contributed by atoms with Crippen LogP contribution in [0.2, 0.25) is 0 Å². The Morgan fingerprint density at radius 3 is 2.48 bits per heavy atom. The molecule has 1 aromatic heterocycles. The number of carbonyl (C=O) groups is 1. The number of hydrogen-bond donors (Lipinski definition) is 1. The average Bonchev–Trinajstić information content (AvgIpc) is 3.18. The highest BCUT2D eigenvalue weighted by Gasteiger charge is 2.33. The zero-order valence-corrected chi connectivity index (χ0v) is 12.3. The Kier molecular flexibility index (Phi) is 3.81. The third-order valence-electron chi connectivity index (χ3n) is 3.85. The van der Waals surface area contributed by atoms with Crippen LogP contribution in [0.15, 0.2) is 6.07 Å². The quantitative estimate of drug-likeness (QED) is 0.856. The molecule has 7 heteroatoms. The molecule has 1 unspecified atom stereocenters. The Labute approximate surface area is 123 Å². The molecule has 1 N–H and O–H groups in total. The predicted octanol–water partition coefficient (Wildman–Crippen LogP) is 0.599. The molecule has 3 rings (SSSR count). The number of amides is 1. The van der Waals surface area contributed by atoms with E-state index in [0.29, 0.717) is 30.3 Å². The van der Waals surface area contributed by atoms with Crippen molar-refractivity contribution >= 4 is 11.9 Å². The van der Waals surface area contributed by atoms with Crippen molar-refractivity contribution in [3.05, 3.63) is 6.07 Å². The van der Waals surface area contributed by atoms with Crippen LogP contribution in [0.25, 0.3) is 0 Å². The maximum Gasteiger partial charge on any atom is 0.231 e. The van der Waals surface area contributed by atoms with E-state index in [1.54, 1.807) is 20.3 Å². The molecule has 2 fully saturated rings. The lowest BCUT2D eigenvalue weighted by molar-refractivity contribution is -0.124. The van der Waals surface area contributed by atoms with E-state index >= 15 is 0 Å². The number of carbonyl (C=O) groups excluding carboxylic acids is 1. The average molecular weight is 292 g/mol. The van der Waals surface area contributed by atoms with Gasteiger partial charge < -0.3 is 19.7 Å². The number of anilines is 1. The molecule has 2 heterocycles. The molecule has 2 aliphatic rings. The highest BCUT2D eigenvalue weighted by Crippen LogP contribution is 2.26. The van der Waals surface area contributed by atoms with Gasteiger partial charge in [-0.25, -0.2) is 0 Å². The molecule has 0 aromatic carbocycles. The minimum absolute atomic E-state index is 0.00592. The lowest BCUT2D eigenvalue weighted by atomic mass is 10.1. The van der Waals surface area contributed by atoms with Gasteiger partial charge in [-0.05, 0) is 19.3 Å². The summed E-state index contributed by atoms with van der Waals surface area (Å²) < 4.78 is 10.3. The highest BCUT2D eigenvalue weighted by molar-refractivity contribution is 5.80. The summed E-state index contributed by atoms with van der Waals surface area (Å²) in [5.41, 5.74) is 0. The first-order chi connectivity index (χ1) is 10.2. The summed E-state index contributed by atoms with van der Waals surface area (Å²) in [5, 5.41) is 3.06. The van der Waals surface area contributed by atoms with Gasteiger partial charge in [-0.1, -0.05) is 0 Å². The molecule has 1 atom stereocenters. The molecule has 0 bridgehead atoms. The summed E-state index contributed by atoms with van der Waals surface area (Å²) in [6.07, 6.45) is 3.04. The molecule has 21 heavy (non-hydrogen) atoms. The van der Waals surface area contributed by atoms with Crippen molar-refractivity contribution in [1.29, 1.82) is 0 Å². The molecule has 114 valence electrons. The molecule has 0 spiro atoms. The van der Waals surface area contributed by atoms with E-state index in [0.717, 1.165) is 25.8 Å². The standard InChI is InChI=1S/C14H20N4O3/c1-20-11-7-12(21-2)17-14(16-11)18-6-5-9(8-18)13(19)15-10-3-4-10/h7,9-10H,3-6,8H2,1-2H3,(H,15,19). The number of ether oxygens (including phenoxy) is 2. The topological polar surface area (TPSA) is 76.6 Å². The van der Waals surface area contributed by atoms with Gasteiger partial charge in [0.1, 0.15) is 0 Å². The number of nitrogens with one attached hydrogen (secondary N) is 1. The Morgan fingerprint density at radius 1 is 1.24 bits per heavy atom. The third-order valence-corrected chi connectivity index (χ3v) is 3.85. The smallest absolute Gasteiger partial charge is 0.231 e. The number of aromatic nitrogens is 2. The molecule has 1 saturated heterocycles. The van der Waals surface area contributed by atoms with Crippen molar-refractivity contribution in [2.45, 2.75) is 25.3 Å². The fourth-order valence-corrected chi connectivity index (χ4v) is 2.45. The predicted molar refractivity (Wildman–Crippen MR) is 76.6 cm³/mol. The van der Waals surface area contributed by atoms with Gasteiger partial charge >= 0.3 is 0 Å². The van der Waals surface area contributed by atoms with Crippen LogP contribution in [0.4, 0.5) is 5.95 Å². The lowest BCUT2D eigenvalue weighted by Gasteiger charge is -2.17. The third kappa shape index (κ3) is 3.17. The zero-order valence-electron chi connectivity index (χ0n) is 12.3. The lowest BCUT2D eigenvalue weighted by Crippen LogP contribution is -2.34. The fraction of sp³-hybridized carbons (Fsp3) is 0.643. The summed E-state index contributed by atoms with van der Waals surface area (Å²) in [5.74, 6) is 1.62. The van der Waals surface area contributed by atoms with E-state index in [9.17, 15) is 4.79 Å². The van der Waals surface area contributed by atoms with E-state index in [2.05, 4.69) is 15.3 Å². The van der Waals surface area contributed by atoms with Gasteiger partial charge in [0.15, 0.2) is 0 Å². The van der Waals surface area contributed by atoms with Crippen molar-refractivity contribution in [3.8, 4) is 11.8 Å². The summed E-state index contributed by atoms with van der Waals surface area (Å²) in [6.45, 7) is 1.40. The van der Waals surface area contributed by atoms with Crippen LogP contribution in [0.3, 0.4) is 0 Å². The molecule has 1 aromatic rings. The molecule has 1 saturated carbocycles. The van der Waals surface area contributed by atoms with E-state index in [-0.39, 0.29) is 11.8 Å². The minimum atomic E-state index is 0.00592. The van der Waals surface area contributed by atoms with E-state index in [4.69, 9.17) is 9.47 Å². The number of methoxy groups -OCH3 is 2. The molecule has 1 amide bonds. The van der Waals surface area contributed by atoms with Gasteiger partial charge in [0.25, 0.3) is 0 Å². The van der Waals surface area contributed by atoms with Crippen LogP contribution in [0, 0.1) is 5.92 Å². The Balaban J connectivity index is 1.68. The van der Waals surface area contributed by atoms with Crippen LogP contribution in [0.5, 0.6) is 11.8 Å². The van der Waals surface area contributed by atoms with Gasteiger partial charge in [0.2, 0.25) is 23.6 Å². The fourth-order valence-electron chi connectivity index (χ4n) is 2.45. The van der Waals surface area contributed by atoms with E-state index in [1.165, 1.54) is 0 Å². The van der Waals surface area contributed by atoms with Crippen molar-refractivity contribution in [1.82, 2.24) is 15.3 Å². The number of nitrogens with zero attached hydrogens (tertiary/aromatic N) is 3. The molecular formula is C14H20N4O3. The zero-order chi connectivity index (χ0) is 14.8. The molecule has 1 aliphatic heterocycles. The first-order valence-electron chi connectivity index (χ1n) is 7.22. The maximum absolute atomic E-state index is 12.1. The normalized spacial score (nSPS) is 21.2. The van der Waals surface area contributed by atoms with Gasteiger partial charge in [-0.15, -0.1) is 0 Å². The van der Waals surface area contributed by atoms with Crippen LogP contribution in [-0.4, -0.2) is 49.2 Å². The largest absolute Gasteiger partial charge is 0.481 e. The van der Waals surface area contributed by atoms with Crippen molar-refractivity contribution in [2.24, 2.45) is 5.92 Å². The van der Waals surface area contributed by atoms with Gasteiger partial charge in [0.05, 0.1) is 26.2 Å². The second kappa shape index (κ2) is 5.75. The summed E-state index contributed by atoms with van der Waals surface area (Å²) >= 11 is 0. The monoisotopic (exact) mass is 292 g/mol.